The molecule has 0 bridgehead atoms. The number of nitrogens with zero attached hydrogens (tertiary/aromatic N) is 2. The summed E-state index contributed by atoms with van der Waals surface area (Å²) in [6.45, 7) is 4.89. The number of fused-ring (bicyclic) bond motifs is 1. The highest BCUT2D eigenvalue weighted by Gasteiger charge is 2.09. The van der Waals surface area contributed by atoms with Crippen LogP contribution >= 0.6 is 0 Å². The van der Waals surface area contributed by atoms with E-state index in [4.69, 9.17) is 0 Å². The van der Waals surface area contributed by atoms with Gasteiger partial charge in [0, 0.05) is 18.4 Å². The Labute approximate surface area is 129 Å². The van der Waals surface area contributed by atoms with Crippen molar-refractivity contribution >= 4 is 5.65 Å². The molecule has 1 unspecified atom stereocenters. The van der Waals surface area contributed by atoms with Crippen molar-refractivity contribution in [2.75, 3.05) is 6.54 Å². The fraction of sp³-hybridized carbons (Fsp3) is 0.278. The first-order chi connectivity index (χ1) is 10.6. The van der Waals surface area contributed by atoms with Gasteiger partial charge in [-0.15, -0.1) is 0 Å². The summed E-state index contributed by atoms with van der Waals surface area (Å²) in [6, 6.07) is 11.1. The van der Waals surface area contributed by atoms with E-state index in [1.165, 1.54) is 11.6 Å². The molecule has 0 saturated carbocycles. The second-order valence-electron chi connectivity index (χ2n) is 5.63. The van der Waals surface area contributed by atoms with Gasteiger partial charge in [0.15, 0.2) is 0 Å². The fourth-order valence-corrected chi connectivity index (χ4v) is 2.63. The van der Waals surface area contributed by atoms with Crippen LogP contribution in [-0.2, 0) is 6.42 Å². The lowest BCUT2D eigenvalue weighted by Crippen LogP contribution is -2.21. The number of nitrogens with one attached hydrogen (secondary N) is 1. The number of imidazole rings is 1. The summed E-state index contributed by atoms with van der Waals surface area (Å²) in [4.78, 5) is 4.62. The number of hydrogen-bond acceptors (Lipinski definition) is 2. The van der Waals surface area contributed by atoms with Crippen LogP contribution in [0, 0.1) is 12.7 Å². The van der Waals surface area contributed by atoms with E-state index >= 15 is 0 Å². The predicted molar refractivity (Wildman–Crippen MR) is 86.5 cm³/mol. The standard InChI is InChI=1S/C18H20FN3/c1-13-11-16(19)7-6-15(13)8-9-20-14(2)17-12-22-10-4-3-5-18(22)21-17/h3-7,10-12,14,20H,8-9H2,1-2H3. The number of halogens is 1. The fourth-order valence-electron chi connectivity index (χ4n) is 2.63. The molecule has 0 aliphatic carbocycles. The minimum Gasteiger partial charge on any atom is -0.308 e. The molecule has 3 rings (SSSR count). The van der Waals surface area contributed by atoms with Gasteiger partial charge in [0.25, 0.3) is 0 Å². The second-order valence-corrected chi connectivity index (χ2v) is 5.63. The molecule has 1 atom stereocenters. The highest BCUT2D eigenvalue weighted by molar-refractivity contribution is 5.39. The third-order valence-electron chi connectivity index (χ3n) is 3.98. The van der Waals surface area contributed by atoms with Crippen LogP contribution in [0.1, 0.15) is 29.8 Å². The van der Waals surface area contributed by atoms with E-state index in [-0.39, 0.29) is 11.9 Å². The monoisotopic (exact) mass is 297 g/mol. The van der Waals surface area contributed by atoms with Gasteiger partial charge in [-0.25, -0.2) is 9.37 Å². The molecule has 2 heterocycles. The maximum Gasteiger partial charge on any atom is 0.137 e. The smallest absolute Gasteiger partial charge is 0.137 e. The van der Waals surface area contributed by atoms with Crippen molar-refractivity contribution in [1.29, 1.82) is 0 Å². The molecular formula is C18H20FN3. The van der Waals surface area contributed by atoms with Crippen molar-refractivity contribution in [3.63, 3.8) is 0 Å². The normalized spacial score (nSPS) is 12.7. The molecule has 0 radical (unpaired) electrons. The van der Waals surface area contributed by atoms with Gasteiger partial charge in [-0.05, 0) is 62.2 Å². The molecule has 114 valence electrons. The molecule has 1 N–H and O–H groups in total. The van der Waals surface area contributed by atoms with Crippen LogP contribution in [0.15, 0.2) is 48.8 Å². The average molecular weight is 297 g/mol. The van der Waals surface area contributed by atoms with Crippen molar-refractivity contribution in [2.24, 2.45) is 0 Å². The van der Waals surface area contributed by atoms with Crippen LogP contribution in [0.3, 0.4) is 0 Å². The molecule has 0 aliphatic heterocycles. The predicted octanol–water partition coefficient (Wildman–Crippen LogP) is 3.68. The van der Waals surface area contributed by atoms with Gasteiger partial charge in [-0.2, -0.15) is 0 Å². The third kappa shape index (κ3) is 3.17. The van der Waals surface area contributed by atoms with Gasteiger partial charge in [-0.1, -0.05) is 12.1 Å². The van der Waals surface area contributed by atoms with Crippen molar-refractivity contribution in [1.82, 2.24) is 14.7 Å². The number of aryl methyl sites for hydroxylation is 1. The SMILES string of the molecule is Cc1cc(F)ccc1CCNC(C)c1cn2ccccc2n1. The zero-order valence-corrected chi connectivity index (χ0v) is 12.9. The molecular weight excluding hydrogens is 277 g/mol. The first-order valence-corrected chi connectivity index (χ1v) is 7.55. The van der Waals surface area contributed by atoms with Crippen LogP contribution in [0.5, 0.6) is 0 Å². The van der Waals surface area contributed by atoms with Gasteiger partial charge < -0.3 is 9.72 Å². The van der Waals surface area contributed by atoms with E-state index in [0.717, 1.165) is 29.9 Å². The summed E-state index contributed by atoms with van der Waals surface area (Å²) >= 11 is 0. The Bertz CT molecular complexity index is 746. The number of hydrogen-bond donors (Lipinski definition) is 1. The van der Waals surface area contributed by atoms with Gasteiger partial charge in [0.1, 0.15) is 11.5 Å². The van der Waals surface area contributed by atoms with E-state index in [1.807, 2.05) is 41.8 Å². The number of aromatic nitrogens is 2. The third-order valence-corrected chi connectivity index (χ3v) is 3.98. The van der Waals surface area contributed by atoms with E-state index in [9.17, 15) is 4.39 Å². The number of rotatable bonds is 5. The summed E-state index contributed by atoms with van der Waals surface area (Å²) in [7, 11) is 0. The number of benzene rings is 1. The molecule has 0 aliphatic rings. The van der Waals surface area contributed by atoms with Crippen LogP contribution in [0.2, 0.25) is 0 Å². The lowest BCUT2D eigenvalue weighted by Gasteiger charge is -2.12. The van der Waals surface area contributed by atoms with Crippen LogP contribution < -0.4 is 5.32 Å². The van der Waals surface area contributed by atoms with Crippen LogP contribution in [-0.4, -0.2) is 15.9 Å². The minimum absolute atomic E-state index is 0.174. The number of pyridine rings is 1. The molecule has 3 aromatic rings. The summed E-state index contributed by atoms with van der Waals surface area (Å²) in [5.41, 5.74) is 4.17. The Morgan fingerprint density at radius 2 is 2.14 bits per heavy atom. The topological polar surface area (TPSA) is 29.3 Å². The highest BCUT2D eigenvalue weighted by atomic mass is 19.1. The van der Waals surface area contributed by atoms with Crippen molar-refractivity contribution in [2.45, 2.75) is 26.3 Å². The molecule has 0 saturated heterocycles. The molecule has 22 heavy (non-hydrogen) atoms. The summed E-state index contributed by atoms with van der Waals surface area (Å²) < 4.78 is 15.1. The van der Waals surface area contributed by atoms with Crippen molar-refractivity contribution in [3.05, 3.63) is 71.4 Å². The minimum atomic E-state index is -0.174. The van der Waals surface area contributed by atoms with E-state index in [1.54, 1.807) is 6.07 Å². The van der Waals surface area contributed by atoms with Crippen molar-refractivity contribution in [3.8, 4) is 0 Å². The summed E-state index contributed by atoms with van der Waals surface area (Å²) in [5, 5.41) is 3.48. The first-order valence-electron chi connectivity index (χ1n) is 7.55. The Kier molecular flexibility index (Phi) is 4.20. The van der Waals surface area contributed by atoms with Crippen molar-refractivity contribution < 1.29 is 4.39 Å². The molecule has 4 heteroatoms. The zero-order valence-electron chi connectivity index (χ0n) is 12.9. The summed E-state index contributed by atoms with van der Waals surface area (Å²) in [5.74, 6) is -0.174. The van der Waals surface area contributed by atoms with Gasteiger partial charge in [-0.3, -0.25) is 0 Å². The molecule has 0 amide bonds. The van der Waals surface area contributed by atoms with Crippen LogP contribution in [0.4, 0.5) is 4.39 Å². The quantitative estimate of drug-likeness (QED) is 0.778. The Hall–Kier alpha value is -2.20. The maximum absolute atomic E-state index is 13.1. The van der Waals surface area contributed by atoms with Gasteiger partial charge >= 0.3 is 0 Å². The maximum atomic E-state index is 13.1. The lowest BCUT2D eigenvalue weighted by molar-refractivity contribution is 0.565. The highest BCUT2D eigenvalue weighted by Crippen LogP contribution is 2.14. The molecule has 0 fully saturated rings. The largest absolute Gasteiger partial charge is 0.308 e. The molecule has 1 aromatic carbocycles. The lowest BCUT2D eigenvalue weighted by atomic mass is 10.1. The Balaban J connectivity index is 1.61. The second kappa shape index (κ2) is 6.28. The average Bonchev–Trinajstić information content (AvgIpc) is 2.93. The zero-order chi connectivity index (χ0) is 15.5. The Morgan fingerprint density at radius 1 is 1.27 bits per heavy atom. The van der Waals surface area contributed by atoms with E-state index < -0.39 is 0 Å². The first kappa shape index (κ1) is 14.7. The summed E-state index contributed by atoms with van der Waals surface area (Å²) in [6.07, 6.45) is 4.93. The molecule has 0 spiro atoms. The Morgan fingerprint density at radius 3 is 2.91 bits per heavy atom. The van der Waals surface area contributed by atoms with Gasteiger partial charge in [0.2, 0.25) is 0 Å². The van der Waals surface area contributed by atoms with E-state index in [0.29, 0.717) is 0 Å². The van der Waals surface area contributed by atoms with Gasteiger partial charge in [0.05, 0.1) is 5.69 Å². The molecule has 2 aromatic heterocycles. The van der Waals surface area contributed by atoms with Crippen LogP contribution in [0.25, 0.3) is 5.65 Å². The van der Waals surface area contributed by atoms with E-state index in [2.05, 4.69) is 23.4 Å². The molecule has 3 nitrogen and oxygen atoms in total.